The van der Waals surface area contributed by atoms with Gasteiger partial charge in [0, 0.05) is 27.7 Å². The molecule has 2 aliphatic rings. The molecule has 0 fully saturated rings. The Morgan fingerprint density at radius 2 is 1.73 bits per heavy atom. The highest BCUT2D eigenvalue weighted by Gasteiger charge is 2.48. The van der Waals surface area contributed by atoms with Crippen LogP contribution in [0.5, 0.6) is 0 Å². The summed E-state index contributed by atoms with van der Waals surface area (Å²) in [6, 6.07) is -0.488. The summed E-state index contributed by atoms with van der Waals surface area (Å²) in [7, 11) is 0. The molecule has 0 N–H and O–H groups in total. The highest BCUT2D eigenvalue weighted by Crippen LogP contribution is 2.32. The number of hydrogen-bond donors (Lipinski definition) is 0. The predicted molar refractivity (Wildman–Crippen MR) is 88.1 cm³/mol. The first kappa shape index (κ1) is 19.7. The van der Waals surface area contributed by atoms with Crippen LogP contribution in [-0.2, 0) is 38.1 Å². The van der Waals surface area contributed by atoms with Gasteiger partial charge in [0.25, 0.3) is 0 Å². The maximum atomic E-state index is 11.7. The lowest BCUT2D eigenvalue weighted by Gasteiger charge is -2.37. The molecule has 0 saturated heterocycles. The quantitative estimate of drug-likeness (QED) is 0.502. The molecule has 9 heteroatoms. The minimum absolute atomic E-state index is 0.281. The third kappa shape index (κ3) is 4.96. The third-order valence-electron chi connectivity index (χ3n) is 3.79. The number of aliphatic imine (C=N–C) groups is 1. The minimum Gasteiger partial charge on any atom is -0.489 e. The molecule has 26 heavy (non-hydrogen) atoms. The lowest BCUT2D eigenvalue weighted by molar-refractivity contribution is -0.186. The molecular formula is C17H23NO8. The van der Waals surface area contributed by atoms with E-state index in [2.05, 4.69) is 4.99 Å². The van der Waals surface area contributed by atoms with Crippen LogP contribution in [0.4, 0.5) is 0 Å². The van der Waals surface area contributed by atoms with E-state index in [0.29, 0.717) is 11.7 Å². The van der Waals surface area contributed by atoms with Gasteiger partial charge in [-0.1, -0.05) is 0 Å². The van der Waals surface area contributed by atoms with Gasteiger partial charge in [-0.2, -0.15) is 0 Å². The standard InChI is InChI=1S/C17H23NO8/c1-8-6-13-15(18-9(2)24-13)17(23-8)16(26-12(5)21)14(25-11(4)20)7-22-10(3)19/h6,13-17H,7H2,1-5H3/t13-,14-,15-,16-,17-/m1/s1. The number of esters is 3. The van der Waals surface area contributed by atoms with Crippen molar-refractivity contribution in [3.63, 3.8) is 0 Å². The zero-order valence-corrected chi connectivity index (χ0v) is 15.4. The lowest BCUT2D eigenvalue weighted by atomic mass is 9.94. The van der Waals surface area contributed by atoms with Gasteiger partial charge in [-0.05, 0) is 13.0 Å². The second-order valence-corrected chi connectivity index (χ2v) is 6.11. The van der Waals surface area contributed by atoms with E-state index < -0.39 is 42.3 Å². The van der Waals surface area contributed by atoms with Gasteiger partial charge in [0.1, 0.15) is 18.8 Å². The maximum Gasteiger partial charge on any atom is 0.303 e. The highest BCUT2D eigenvalue weighted by molar-refractivity contribution is 5.76. The molecule has 0 spiro atoms. The van der Waals surface area contributed by atoms with E-state index in [4.69, 9.17) is 23.7 Å². The monoisotopic (exact) mass is 369 g/mol. The summed E-state index contributed by atoms with van der Waals surface area (Å²) >= 11 is 0. The van der Waals surface area contributed by atoms with E-state index in [-0.39, 0.29) is 12.7 Å². The molecule has 0 unspecified atom stereocenters. The summed E-state index contributed by atoms with van der Waals surface area (Å²) in [6.07, 6.45) is -1.46. The fourth-order valence-corrected chi connectivity index (χ4v) is 2.94. The SMILES string of the molecule is CC(=O)OC[C@@H](OC(C)=O)[C@@H](OC(C)=O)[C@@H]1OC(C)=C[C@H]2OC(C)=N[C@@H]12. The molecule has 0 saturated carbocycles. The zero-order chi connectivity index (χ0) is 19.4. The number of carbonyl (C=O) groups is 3. The van der Waals surface area contributed by atoms with Gasteiger partial charge in [-0.15, -0.1) is 0 Å². The van der Waals surface area contributed by atoms with Crippen molar-refractivity contribution in [2.75, 3.05) is 6.61 Å². The molecule has 0 bridgehead atoms. The predicted octanol–water partition coefficient (Wildman–Crippen LogP) is 0.901. The highest BCUT2D eigenvalue weighted by atomic mass is 16.6. The molecule has 0 aromatic rings. The molecule has 5 atom stereocenters. The van der Waals surface area contributed by atoms with E-state index in [9.17, 15) is 14.4 Å². The summed E-state index contributed by atoms with van der Waals surface area (Å²) in [4.78, 5) is 38.7. The summed E-state index contributed by atoms with van der Waals surface area (Å²) in [5, 5.41) is 0. The van der Waals surface area contributed by atoms with Crippen molar-refractivity contribution in [2.24, 2.45) is 4.99 Å². The van der Waals surface area contributed by atoms with E-state index in [1.165, 1.54) is 20.8 Å². The maximum absolute atomic E-state index is 11.7. The number of fused-ring (bicyclic) bond motifs is 1. The van der Waals surface area contributed by atoms with Crippen LogP contribution in [0.1, 0.15) is 34.6 Å². The first-order valence-corrected chi connectivity index (χ1v) is 8.21. The number of carbonyl (C=O) groups excluding carboxylic acids is 3. The van der Waals surface area contributed by atoms with Crippen LogP contribution in [-0.4, -0.2) is 60.9 Å². The Balaban J connectivity index is 2.33. The van der Waals surface area contributed by atoms with Crippen molar-refractivity contribution in [3.05, 3.63) is 11.8 Å². The summed E-state index contributed by atoms with van der Waals surface area (Å²) in [5.41, 5.74) is 0. The van der Waals surface area contributed by atoms with E-state index in [0.717, 1.165) is 0 Å². The molecule has 0 radical (unpaired) electrons. The Morgan fingerprint density at radius 1 is 1.08 bits per heavy atom. The minimum atomic E-state index is -1.05. The fraction of sp³-hybridized carbons (Fsp3) is 0.647. The van der Waals surface area contributed by atoms with Crippen LogP contribution in [0.15, 0.2) is 16.8 Å². The third-order valence-corrected chi connectivity index (χ3v) is 3.79. The Bertz CT molecular complexity index is 641. The van der Waals surface area contributed by atoms with E-state index in [1.807, 2.05) is 0 Å². The van der Waals surface area contributed by atoms with Gasteiger partial charge in [-0.3, -0.25) is 14.4 Å². The number of nitrogens with zero attached hydrogens (tertiary/aromatic N) is 1. The normalized spacial score (nSPS) is 26.1. The molecule has 0 amide bonds. The molecule has 2 heterocycles. The second-order valence-electron chi connectivity index (χ2n) is 6.11. The average molecular weight is 369 g/mol. The van der Waals surface area contributed by atoms with Crippen molar-refractivity contribution < 1.29 is 38.1 Å². The van der Waals surface area contributed by atoms with Crippen LogP contribution in [0, 0.1) is 0 Å². The van der Waals surface area contributed by atoms with Crippen molar-refractivity contribution in [1.29, 1.82) is 0 Å². The van der Waals surface area contributed by atoms with Crippen LogP contribution in [0.25, 0.3) is 0 Å². The van der Waals surface area contributed by atoms with Crippen molar-refractivity contribution >= 4 is 23.8 Å². The van der Waals surface area contributed by atoms with Crippen molar-refractivity contribution in [1.82, 2.24) is 0 Å². The Morgan fingerprint density at radius 3 is 2.31 bits per heavy atom. The second kappa shape index (κ2) is 8.20. The Labute approximate surface area is 151 Å². The van der Waals surface area contributed by atoms with Crippen LogP contribution in [0.2, 0.25) is 0 Å². The number of allylic oxidation sites excluding steroid dienone is 1. The number of ether oxygens (including phenoxy) is 5. The molecule has 0 aliphatic carbocycles. The lowest BCUT2D eigenvalue weighted by Crippen LogP contribution is -2.54. The smallest absolute Gasteiger partial charge is 0.303 e. The summed E-state index contributed by atoms with van der Waals surface area (Å²) in [6.45, 7) is 6.83. The largest absolute Gasteiger partial charge is 0.489 e. The molecule has 2 aliphatic heterocycles. The van der Waals surface area contributed by atoms with Crippen molar-refractivity contribution in [3.8, 4) is 0 Å². The van der Waals surface area contributed by atoms with Gasteiger partial charge in [0.2, 0.25) is 0 Å². The number of hydrogen-bond acceptors (Lipinski definition) is 9. The van der Waals surface area contributed by atoms with Crippen LogP contribution in [0.3, 0.4) is 0 Å². The van der Waals surface area contributed by atoms with E-state index in [1.54, 1.807) is 19.9 Å². The first-order valence-electron chi connectivity index (χ1n) is 8.21. The van der Waals surface area contributed by atoms with Gasteiger partial charge < -0.3 is 23.7 Å². The van der Waals surface area contributed by atoms with Gasteiger partial charge in [-0.25, -0.2) is 4.99 Å². The zero-order valence-electron chi connectivity index (χ0n) is 15.4. The average Bonchev–Trinajstić information content (AvgIpc) is 2.87. The number of rotatable bonds is 6. The Hall–Kier alpha value is -2.58. The van der Waals surface area contributed by atoms with Gasteiger partial charge in [0.15, 0.2) is 24.2 Å². The molecule has 2 rings (SSSR count). The first-order chi connectivity index (χ1) is 12.2. The fourth-order valence-electron chi connectivity index (χ4n) is 2.94. The molecule has 0 aromatic heterocycles. The van der Waals surface area contributed by atoms with Gasteiger partial charge >= 0.3 is 17.9 Å². The van der Waals surface area contributed by atoms with Crippen LogP contribution >= 0.6 is 0 Å². The van der Waals surface area contributed by atoms with E-state index >= 15 is 0 Å². The topological polar surface area (TPSA) is 110 Å². The van der Waals surface area contributed by atoms with Crippen LogP contribution < -0.4 is 0 Å². The molecule has 9 nitrogen and oxygen atoms in total. The molecular weight excluding hydrogens is 346 g/mol. The molecule has 0 aromatic carbocycles. The summed E-state index contributed by atoms with van der Waals surface area (Å²) in [5.74, 6) is -0.721. The Kier molecular flexibility index (Phi) is 6.23. The molecule has 144 valence electrons. The van der Waals surface area contributed by atoms with Gasteiger partial charge in [0.05, 0.1) is 5.76 Å². The summed E-state index contributed by atoms with van der Waals surface area (Å²) < 4.78 is 27.1. The van der Waals surface area contributed by atoms with Crippen molar-refractivity contribution in [2.45, 2.75) is 65.1 Å².